The third-order valence-electron chi connectivity index (χ3n) is 3.07. The highest BCUT2D eigenvalue weighted by Gasteiger charge is 2.14. The van der Waals surface area contributed by atoms with Gasteiger partial charge in [0.05, 0.1) is 0 Å². The molecular weight excluding hydrogens is 272 g/mol. The summed E-state index contributed by atoms with van der Waals surface area (Å²) in [7, 11) is 0. The highest BCUT2D eigenvalue weighted by Crippen LogP contribution is 2.27. The summed E-state index contributed by atoms with van der Waals surface area (Å²) in [5.41, 5.74) is 7.72. The summed E-state index contributed by atoms with van der Waals surface area (Å²) in [6.45, 7) is 6.86. The number of ether oxygens (including phenoxy) is 1. The SMILES string of the molecule is CC(C)(C)c1ccc(Oc2ccc(CN)c(Cl)c2)nc1. The molecule has 2 N–H and O–H groups in total. The van der Waals surface area contributed by atoms with Crippen LogP contribution in [0, 0.1) is 0 Å². The number of pyridine rings is 1. The predicted molar refractivity (Wildman–Crippen MR) is 82.4 cm³/mol. The highest BCUT2D eigenvalue weighted by atomic mass is 35.5. The van der Waals surface area contributed by atoms with E-state index in [-0.39, 0.29) is 5.41 Å². The molecule has 1 aromatic heterocycles. The summed E-state index contributed by atoms with van der Waals surface area (Å²) < 4.78 is 5.69. The van der Waals surface area contributed by atoms with Crippen LogP contribution in [0.25, 0.3) is 0 Å². The molecule has 2 rings (SSSR count). The van der Waals surface area contributed by atoms with Gasteiger partial charge in [-0.2, -0.15) is 0 Å². The lowest BCUT2D eigenvalue weighted by Gasteiger charge is -2.18. The Balaban J connectivity index is 2.16. The maximum atomic E-state index is 6.10. The molecule has 4 heteroatoms. The summed E-state index contributed by atoms with van der Waals surface area (Å²) in [5, 5.41) is 0.608. The standard InChI is InChI=1S/C16H19ClN2O/c1-16(2,3)12-5-7-15(19-10-12)20-13-6-4-11(9-18)14(17)8-13/h4-8,10H,9,18H2,1-3H3. The summed E-state index contributed by atoms with van der Waals surface area (Å²) >= 11 is 6.10. The molecule has 1 aromatic carbocycles. The van der Waals surface area contributed by atoms with Crippen molar-refractivity contribution < 1.29 is 4.74 Å². The molecular formula is C16H19ClN2O. The highest BCUT2D eigenvalue weighted by molar-refractivity contribution is 6.31. The van der Waals surface area contributed by atoms with Gasteiger partial charge in [0.2, 0.25) is 5.88 Å². The third kappa shape index (κ3) is 3.50. The second-order valence-corrected chi connectivity index (χ2v) is 6.10. The van der Waals surface area contributed by atoms with Crippen molar-refractivity contribution >= 4 is 11.6 Å². The summed E-state index contributed by atoms with van der Waals surface area (Å²) in [5.74, 6) is 1.21. The minimum atomic E-state index is 0.0810. The predicted octanol–water partition coefficient (Wildman–Crippen LogP) is 4.28. The Kier molecular flexibility index (Phi) is 4.31. The van der Waals surface area contributed by atoms with E-state index >= 15 is 0 Å². The van der Waals surface area contributed by atoms with Crippen molar-refractivity contribution in [1.29, 1.82) is 0 Å². The zero-order valence-electron chi connectivity index (χ0n) is 12.0. The van der Waals surface area contributed by atoms with Crippen molar-refractivity contribution in [2.75, 3.05) is 0 Å². The Morgan fingerprint density at radius 3 is 2.45 bits per heavy atom. The number of nitrogens with zero attached hydrogens (tertiary/aromatic N) is 1. The average molecular weight is 291 g/mol. The molecule has 0 fully saturated rings. The van der Waals surface area contributed by atoms with E-state index in [1.165, 1.54) is 5.56 Å². The molecule has 0 spiro atoms. The summed E-state index contributed by atoms with van der Waals surface area (Å²) in [6, 6.07) is 9.35. The van der Waals surface area contributed by atoms with E-state index in [0.29, 0.717) is 23.2 Å². The molecule has 0 aliphatic heterocycles. The molecule has 20 heavy (non-hydrogen) atoms. The minimum Gasteiger partial charge on any atom is -0.439 e. The molecule has 0 radical (unpaired) electrons. The second-order valence-electron chi connectivity index (χ2n) is 5.69. The average Bonchev–Trinajstić information content (AvgIpc) is 2.38. The van der Waals surface area contributed by atoms with Gasteiger partial charge in [-0.15, -0.1) is 0 Å². The lowest BCUT2D eigenvalue weighted by Crippen LogP contribution is -2.11. The molecule has 106 valence electrons. The van der Waals surface area contributed by atoms with Gasteiger partial charge in [-0.05, 0) is 28.7 Å². The Bertz CT molecular complexity index is 588. The summed E-state index contributed by atoms with van der Waals surface area (Å²) in [6.07, 6.45) is 1.84. The van der Waals surface area contributed by atoms with Crippen LogP contribution in [0.2, 0.25) is 5.02 Å². The first kappa shape index (κ1) is 14.8. The van der Waals surface area contributed by atoms with Crippen molar-refractivity contribution in [3.05, 3.63) is 52.7 Å². The first-order valence-corrected chi connectivity index (χ1v) is 6.91. The molecule has 2 aromatic rings. The zero-order valence-corrected chi connectivity index (χ0v) is 12.7. The fraction of sp³-hybridized carbons (Fsp3) is 0.312. The van der Waals surface area contributed by atoms with Crippen molar-refractivity contribution in [3.63, 3.8) is 0 Å². The molecule has 0 unspecified atom stereocenters. The lowest BCUT2D eigenvalue weighted by molar-refractivity contribution is 0.460. The van der Waals surface area contributed by atoms with E-state index in [0.717, 1.165) is 5.56 Å². The van der Waals surface area contributed by atoms with Crippen molar-refractivity contribution in [1.82, 2.24) is 4.98 Å². The van der Waals surface area contributed by atoms with E-state index in [1.54, 1.807) is 6.07 Å². The maximum absolute atomic E-state index is 6.10. The summed E-state index contributed by atoms with van der Waals surface area (Å²) in [4.78, 5) is 4.32. The fourth-order valence-corrected chi connectivity index (χ4v) is 2.01. The normalized spacial score (nSPS) is 11.4. The van der Waals surface area contributed by atoms with E-state index in [1.807, 2.05) is 30.5 Å². The van der Waals surface area contributed by atoms with Crippen LogP contribution in [-0.4, -0.2) is 4.98 Å². The van der Waals surface area contributed by atoms with E-state index in [2.05, 4.69) is 25.8 Å². The Morgan fingerprint density at radius 1 is 1.20 bits per heavy atom. The smallest absolute Gasteiger partial charge is 0.219 e. The molecule has 3 nitrogen and oxygen atoms in total. The first-order valence-electron chi connectivity index (χ1n) is 6.53. The van der Waals surface area contributed by atoms with Gasteiger partial charge < -0.3 is 10.5 Å². The third-order valence-corrected chi connectivity index (χ3v) is 3.42. The van der Waals surface area contributed by atoms with Crippen molar-refractivity contribution in [2.45, 2.75) is 32.7 Å². The van der Waals surface area contributed by atoms with Crippen LogP contribution >= 0.6 is 11.6 Å². The van der Waals surface area contributed by atoms with Crippen LogP contribution in [-0.2, 0) is 12.0 Å². The van der Waals surface area contributed by atoms with Gasteiger partial charge in [0.25, 0.3) is 0 Å². The number of aromatic nitrogens is 1. The maximum Gasteiger partial charge on any atom is 0.219 e. The molecule has 0 bridgehead atoms. The molecule has 0 saturated heterocycles. The molecule has 0 atom stereocenters. The van der Waals surface area contributed by atoms with Gasteiger partial charge in [-0.1, -0.05) is 44.5 Å². The van der Waals surface area contributed by atoms with Gasteiger partial charge in [0, 0.05) is 23.8 Å². The quantitative estimate of drug-likeness (QED) is 0.917. The molecule has 0 aliphatic rings. The number of nitrogens with two attached hydrogens (primary N) is 1. The molecule has 1 heterocycles. The molecule has 0 aliphatic carbocycles. The first-order chi connectivity index (χ1) is 9.40. The van der Waals surface area contributed by atoms with Gasteiger partial charge >= 0.3 is 0 Å². The zero-order chi connectivity index (χ0) is 14.8. The van der Waals surface area contributed by atoms with Crippen LogP contribution in [0.4, 0.5) is 0 Å². The number of halogens is 1. The fourth-order valence-electron chi connectivity index (χ4n) is 1.76. The van der Waals surface area contributed by atoms with Gasteiger partial charge in [-0.3, -0.25) is 0 Å². The number of hydrogen-bond donors (Lipinski definition) is 1. The largest absolute Gasteiger partial charge is 0.439 e. The Morgan fingerprint density at radius 2 is 1.95 bits per heavy atom. The second kappa shape index (κ2) is 5.81. The monoisotopic (exact) mass is 290 g/mol. The van der Waals surface area contributed by atoms with E-state index < -0.39 is 0 Å². The Hall–Kier alpha value is -1.58. The number of rotatable bonds is 3. The van der Waals surface area contributed by atoms with Crippen molar-refractivity contribution in [3.8, 4) is 11.6 Å². The topological polar surface area (TPSA) is 48.1 Å². The molecule has 0 saturated carbocycles. The van der Waals surface area contributed by atoms with Crippen LogP contribution in [0.15, 0.2) is 36.5 Å². The van der Waals surface area contributed by atoms with Crippen LogP contribution < -0.4 is 10.5 Å². The van der Waals surface area contributed by atoms with E-state index in [4.69, 9.17) is 22.1 Å². The minimum absolute atomic E-state index is 0.0810. The molecule has 0 amide bonds. The van der Waals surface area contributed by atoms with Gasteiger partial charge in [-0.25, -0.2) is 4.98 Å². The van der Waals surface area contributed by atoms with Crippen LogP contribution in [0.1, 0.15) is 31.9 Å². The number of benzene rings is 1. The van der Waals surface area contributed by atoms with Gasteiger partial charge in [0.1, 0.15) is 5.75 Å². The van der Waals surface area contributed by atoms with Crippen LogP contribution in [0.5, 0.6) is 11.6 Å². The number of hydrogen-bond acceptors (Lipinski definition) is 3. The lowest BCUT2D eigenvalue weighted by atomic mass is 9.88. The van der Waals surface area contributed by atoms with Gasteiger partial charge in [0.15, 0.2) is 0 Å². The van der Waals surface area contributed by atoms with Crippen LogP contribution in [0.3, 0.4) is 0 Å². The Labute approximate surface area is 124 Å². The van der Waals surface area contributed by atoms with Crippen molar-refractivity contribution in [2.24, 2.45) is 5.73 Å². The van der Waals surface area contributed by atoms with E-state index in [9.17, 15) is 0 Å².